The van der Waals surface area contributed by atoms with Crippen molar-refractivity contribution < 1.29 is 23.6 Å². The molecule has 0 fully saturated rings. The zero-order valence-electron chi connectivity index (χ0n) is 15.0. The van der Waals surface area contributed by atoms with E-state index < -0.39 is 10.8 Å². The number of rotatable bonds is 5. The van der Waals surface area contributed by atoms with Crippen LogP contribution in [0.1, 0.15) is 16.1 Å². The number of nitro benzene ring substituents is 1. The van der Waals surface area contributed by atoms with E-state index in [0.717, 1.165) is 10.0 Å². The van der Waals surface area contributed by atoms with Crippen molar-refractivity contribution in [2.45, 2.75) is 6.54 Å². The Kier molecular flexibility index (Phi) is 5.22. The predicted octanol–water partition coefficient (Wildman–Crippen LogP) is 4.32. The minimum Gasteiger partial charge on any atom is -0.486 e. The Morgan fingerprint density at radius 2 is 1.76 bits per heavy atom. The van der Waals surface area contributed by atoms with Crippen LogP contribution in [0.25, 0.3) is 11.3 Å². The van der Waals surface area contributed by atoms with Crippen molar-refractivity contribution in [3.8, 4) is 22.8 Å². The molecule has 148 valence electrons. The number of benzene rings is 2. The Bertz CT molecular complexity index is 1080. The highest BCUT2D eigenvalue weighted by Crippen LogP contribution is 2.36. The number of nitrogens with zero attached hydrogens (tertiary/aromatic N) is 1. The molecule has 0 aliphatic carbocycles. The van der Waals surface area contributed by atoms with E-state index in [2.05, 4.69) is 21.2 Å². The minimum absolute atomic E-state index is 0.0843. The fourth-order valence-corrected chi connectivity index (χ4v) is 3.18. The molecule has 0 atom stereocenters. The predicted molar refractivity (Wildman–Crippen MR) is 107 cm³/mol. The number of amides is 1. The number of halogens is 1. The van der Waals surface area contributed by atoms with E-state index in [1.54, 1.807) is 12.1 Å². The van der Waals surface area contributed by atoms with Gasteiger partial charge in [0.25, 0.3) is 11.6 Å². The molecule has 2 heterocycles. The number of carbonyl (C=O) groups excluding carboxylic acids is 1. The fraction of sp³-hybridized carbons (Fsp3) is 0.150. The van der Waals surface area contributed by atoms with E-state index in [0.29, 0.717) is 30.5 Å². The largest absolute Gasteiger partial charge is 0.486 e. The summed E-state index contributed by atoms with van der Waals surface area (Å²) in [6, 6.07) is 13.7. The Hall–Kier alpha value is -3.33. The van der Waals surface area contributed by atoms with Crippen LogP contribution in [-0.2, 0) is 6.54 Å². The highest BCUT2D eigenvalue weighted by Gasteiger charge is 2.26. The van der Waals surface area contributed by atoms with E-state index >= 15 is 0 Å². The molecule has 0 saturated carbocycles. The quantitative estimate of drug-likeness (QED) is 0.450. The molecule has 9 heteroatoms. The lowest BCUT2D eigenvalue weighted by atomic mass is 10.1. The Morgan fingerprint density at radius 1 is 1.07 bits per heavy atom. The van der Waals surface area contributed by atoms with Crippen molar-refractivity contribution in [1.82, 2.24) is 5.32 Å². The smallest absolute Gasteiger partial charge is 0.286 e. The van der Waals surface area contributed by atoms with Gasteiger partial charge >= 0.3 is 0 Å². The summed E-state index contributed by atoms with van der Waals surface area (Å²) in [5, 5.41) is 14.0. The number of carbonyl (C=O) groups is 1. The summed E-state index contributed by atoms with van der Waals surface area (Å²) < 4.78 is 17.5. The second-order valence-electron chi connectivity index (χ2n) is 6.23. The van der Waals surface area contributed by atoms with E-state index in [4.69, 9.17) is 13.9 Å². The van der Waals surface area contributed by atoms with Gasteiger partial charge in [-0.05, 0) is 24.3 Å². The van der Waals surface area contributed by atoms with Gasteiger partial charge in [0, 0.05) is 16.1 Å². The summed E-state index contributed by atoms with van der Waals surface area (Å²) >= 11 is 3.38. The highest BCUT2D eigenvalue weighted by molar-refractivity contribution is 9.10. The molecule has 2 aromatic carbocycles. The third-order valence-corrected chi connectivity index (χ3v) is 4.84. The molecule has 1 amide bonds. The third kappa shape index (κ3) is 4.09. The van der Waals surface area contributed by atoms with E-state index in [1.165, 1.54) is 12.1 Å². The lowest BCUT2D eigenvalue weighted by Crippen LogP contribution is -2.24. The zero-order valence-corrected chi connectivity index (χ0v) is 16.6. The van der Waals surface area contributed by atoms with Crippen LogP contribution in [0, 0.1) is 10.1 Å². The first-order valence-electron chi connectivity index (χ1n) is 8.72. The molecule has 0 radical (unpaired) electrons. The lowest BCUT2D eigenvalue weighted by Gasteiger charge is -2.18. The van der Waals surface area contributed by atoms with Crippen LogP contribution in [0.4, 0.5) is 5.69 Å². The molecule has 1 aromatic heterocycles. The molecule has 3 aromatic rings. The van der Waals surface area contributed by atoms with Gasteiger partial charge in [-0.1, -0.05) is 28.1 Å². The van der Waals surface area contributed by atoms with Gasteiger partial charge in [0.2, 0.25) is 0 Å². The van der Waals surface area contributed by atoms with Crippen molar-refractivity contribution in [2.24, 2.45) is 0 Å². The molecular formula is C20H15BrN2O6. The second kappa shape index (κ2) is 7.96. The zero-order chi connectivity index (χ0) is 20.4. The van der Waals surface area contributed by atoms with Crippen molar-refractivity contribution in [3.05, 3.63) is 74.4 Å². The third-order valence-electron chi connectivity index (χ3n) is 4.32. The number of fused-ring (bicyclic) bond motifs is 1. The van der Waals surface area contributed by atoms with Gasteiger partial charge in [0.05, 0.1) is 17.5 Å². The van der Waals surface area contributed by atoms with Crippen LogP contribution in [0.3, 0.4) is 0 Å². The summed E-state index contributed by atoms with van der Waals surface area (Å²) in [7, 11) is 0. The highest BCUT2D eigenvalue weighted by atomic mass is 79.9. The average Bonchev–Trinajstić information content (AvgIpc) is 3.20. The summed E-state index contributed by atoms with van der Waals surface area (Å²) in [5.74, 6) is 1.14. The van der Waals surface area contributed by atoms with E-state index in [1.807, 2.05) is 24.3 Å². The van der Waals surface area contributed by atoms with Gasteiger partial charge in [-0.15, -0.1) is 0 Å². The van der Waals surface area contributed by atoms with Crippen LogP contribution >= 0.6 is 15.9 Å². The molecule has 0 unspecified atom stereocenters. The first-order chi connectivity index (χ1) is 14.0. The van der Waals surface area contributed by atoms with Crippen LogP contribution in [0.5, 0.6) is 11.5 Å². The van der Waals surface area contributed by atoms with Gasteiger partial charge < -0.3 is 19.2 Å². The molecule has 0 saturated heterocycles. The minimum atomic E-state index is -0.619. The fourth-order valence-electron chi connectivity index (χ4n) is 2.92. The monoisotopic (exact) mass is 458 g/mol. The van der Waals surface area contributed by atoms with Crippen molar-refractivity contribution in [2.75, 3.05) is 13.2 Å². The van der Waals surface area contributed by atoms with Crippen LogP contribution in [0.15, 0.2) is 57.4 Å². The molecule has 1 aliphatic heterocycles. The van der Waals surface area contributed by atoms with Gasteiger partial charge in [-0.3, -0.25) is 14.9 Å². The lowest BCUT2D eigenvalue weighted by molar-refractivity contribution is -0.385. The summed E-state index contributed by atoms with van der Waals surface area (Å²) in [6.45, 7) is 0.701. The number of hydrogen-bond acceptors (Lipinski definition) is 6. The van der Waals surface area contributed by atoms with E-state index in [-0.39, 0.29) is 23.5 Å². The molecular weight excluding hydrogens is 444 g/mol. The number of nitrogens with one attached hydrogen (secondary N) is 1. The van der Waals surface area contributed by atoms with Crippen molar-refractivity contribution >= 4 is 27.5 Å². The van der Waals surface area contributed by atoms with Gasteiger partial charge in [-0.2, -0.15) is 0 Å². The first-order valence-corrected chi connectivity index (χ1v) is 9.51. The summed E-state index contributed by atoms with van der Waals surface area (Å²) in [5.41, 5.74) is 0.453. The maximum atomic E-state index is 12.6. The molecule has 29 heavy (non-hydrogen) atoms. The Labute approximate surface area is 173 Å². The molecule has 4 rings (SSSR count). The maximum Gasteiger partial charge on any atom is 0.286 e. The SMILES string of the molecule is O=C(NCc1ccc(-c2ccc(Br)cc2)o1)c1cc2c(cc1[N+](=O)[O-])OCCO2. The normalized spacial score (nSPS) is 12.4. The van der Waals surface area contributed by atoms with Crippen molar-refractivity contribution in [3.63, 3.8) is 0 Å². The van der Waals surface area contributed by atoms with Gasteiger partial charge in [-0.25, -0.2) is 0 Å². The number of furan rings is 1. The first kappa shape index (κ1) is 19.0. The van der Waals surface area contributed by atoms with Crippen LogP contribution in [-0.4, -0.2) is 24.0 Å². The summed E-state index contributed by atoms with van der Waals surface area (Å²) in [6.07, 6.45) is 0. The number of ether oxygens (including phenoxy) is 2. The van der Waals surface area contributed by atoms with Crippen LogP contribution < -0.4 is 14.8 Å². The standard InChI is InChI=1S/C20H15BrN2O6/c21-13-3-1-12(2-4-13)17-6-5-14(29-17)11-22-20(24)15-9-18-19(28-8-7-27-18)10-16(15)23(25)26/h1-6,9-10H,7-8,11H2,(H,22,24). The van der Waals surface area contributed by atoms with Crippen LogP contribution in [0.2, 0.25) is 0 Å². The molecule has 1 N–H and O–H groups in total. The Morgan fingerprint density at radius 3 is 2.45 bits per heavy atom. The van der Waals surface area contributed by atoms with Gasteiger partial charge in [0.1, 0.15) is 30.3 Å². The maximum absolute atomic E-state index is 12.6. The molecule has 1 aliphatic rings. The summed E-state index contributed by atoms with van der Waals surface area (Å²) in [4.78, 5) is 23.3. The van der Waals surface area contributed by atoms with Gasteiger partial charge in [0.15, 0.2) is 11.5 Å². The number of hydrogen-bond donors (Lipinski definition) is 1. The topological polar surface area (TPSA) is 104 Å². The molecule has 8 nitrogen and oxygen atoms in total. The van der Waals surface area contributed by atoms with E-state index in [9.17, 15) is 14.9 Å². The molecule has 0 bridgehead atoms. The Balaban J connectivity index is 1.50. The molecule has 0 spiro atoms. The average molecular weight is 459 g/mol. The second-order valence-corrected chi connectivity index (χ2v) is 7.14. The van der Waals surface area contributed by atoms with Crippen molar-refractivity contribution in [1.29, 1.82) is 0 Å². The number of nitro groups is 1.